The van der Waals surface area contributed by atoms with Crippen LogP contribution >= 0.6 is 11.3 Å². The van der Waals surface area contributed by atoms with Gasteiger partial charge >= 0.3 is 0 Å². The number of benzene rings is 1. The van der Waals surface area contributed by atoms with Gasteiger partial charge in [0.15, 0.2) is 0 Å². The lowest BCUT2D eigenvalue weighted by Gasteiger charge is -2.09. The summed E-state index contributed by atoms with van der Waals surface area (Å²) in [6.45, 7) is 6.48. The predicted molar refractivity (Wildman–Crippen MR) is 93.2 cm³/mol. The van der Waals surface area contributed by atoms with E-state index >= 15 is 0 Å². The first-order valence-electron chi connectivity index (χ1n) is 7.59. The Morgan fingerprint density at radius 1 is 1.33 bits per heavy atom. The minimum Gasteiger partial charge on any atom is -0.374 e. The predicted octanol–water partition coefficient (Wildman–Crippen LogP) is 3.82. The summed E-state index contributed by atoms with van der Waals surface area (Å²) < 4.78 is 5.57. The fourth-order valence-corrected chi connectivity index (χ4v) is 3.03. The molecule has 0 aliphatic rings. The van der Waals surface area contributed by atoms with Crippen LogP contribution < -0.4 is 5.32 Å². The molecule has 1 heterocycles. The van der Waals surface area contributed by atoms with Gasteiger partial charge in [0.2, 0.25) is 0 Å². The van der Waals surface area contributed by atoms with Crippen LogP contribution in [0.5, 0.6) is 0 Å². The number of carbonyl (C=O) groups excluding carboxylic acids is 1. The van der Waals surface area contributed by atoms with Crippen LogP contribution in [0.2, 0.25) is 0 Å². The lowest BCUT2D eigenvalue weighted by molar-refractivity contribution is -0.385. The number of ether oxygens (including phenoxy) is 1. The van der Waals surface area contributed by atoms with Gasteiger partial charge in [-0.25, -0.2) is 0 Å². The molecule has 24 heavy (non-hydrogen) atoms. The van der Waals surface area contributed by atoms with Crippen molar-refractivity contribution < 1.29 is 14.5 Å². The Hall–Kier alpha value is -2.25. The molecule has 2 aromatic rings. The van der Waals surface area contributed by atoms with Gasteiger partial charge in [-0.3, -0.25) is 14.9 Å². The van der Waals surface area contributed by atoms with Crippen molar-refractivity contribution in [2.75, 3.05) is 0 Å². The molecule has 1 aromatic heterocycles. The van der Waals surface area contributed by atoms with Crippen LogP contribution in [-0.4, -0.2) is 16.9 Å². The number of nitrogens with zero attached hydrogens (tertiary/aromatic N) is 1. The molecule has 0 saturated heterocycles. The van der Waals surface area contributed by atoms with Crippen molar-refractivity contribution in [3.63, 3.8) is 0 Å². The zero-order valence-corrected chi connectivity index (χ0v) is 14.7. The highest BCUT2D eigenvalue weighted by molar-refractivity contribution is 7.14. The Balaban J connectivity index is 1.97. The molecule has 128 valence electrons. The molecule has 0 fully saturated rings. The van der Waals surface area contributed by atoms with E-state index in [4.69, 9.17) is 4.74 Å². The Bertz CT molecular complexity index is 740. The first kappa shape index (κ1) is 18.1. The lowest BCUT2D eigenvalue weighted by atomic mass is 10.1. The van der Waals surface area contributed by atoms with Crippen LogP contribution in [0.15, 0.2) is 30.3 Å². The van der Waals surface area contributed by atoms with Gasteiger partial charge in [-0.05, 0) is 31.9 Å². The first-order valence-corrected chi connectivity index (χ1v) is 8.41. The molecule has 1 amide bonds. The van der Waals surface area contributed by atoms with Gasteiger partial charge in [-0.2, -0.15) is 0 Å². The highest BCUT2D eigenvalue weighted by Crippen LogP contribution is 2.27. The summed E-state index contributed by atoms with van der Waals surface area (Å²) >= 11 is 1.13. The van der Waals surface area contributed by atoms with E-state index in [0.29, 0.717) is 22.9 Å². The van der Waals surface area contributed by atoms with Gasteiger partial charge in [0.05, 0.1) is 27.4 Å². The maximum atomic E-state index is 12.2. The molecule has 0 bridgehead atoms. The Morgan fingerprint density at radius 2 is 2.04 bits per heavy atom. The van der Waals surface area contributed by atoms with Crippen LogP contribution in [0.25, 0.3) is 0 Å². The van der Waals surface area contributed by atoms with Crippen molar-refractivity contribution in [1.29, 1.82) is 0 Å². The first-order chi connectivity index (χ1) is 11.4. The third kappa shape index (κ3) is 4.87. The standard InChI is InChI=1S/C17H20N2O4S/c1-11(2)23-10-14-6-4-5-13(7-14)9-18-17(20)16-8-15(19(21)22)12(3)24-16/h4-8,11H,9-10H2,1-3H3,(H,18,20). The molecule has 2 rings (SSSR count). The second-order valence-corrected chi connectivity index (χ2v) is 6.93. The average Bonchev–Trinajstić information content (AvgIpc) is 2.93. The Kier molecular flexibility index (Phi) is 6.05. The summed E-state index contributed by atoms with van der Waals surface area (Å²) in [6, 6.07) is 9.11. The molecule has 0 aliphatic heterocycles. The van der Waals surface area contributed by atoms with E-state index in [1.54, 1.807) is 6.92 Å². The van der Waals surface area contributed by atoms with Crippen molar-refractivity contribution in [2.45, 2.75) is 40.0 Å². The van der Waals surface area contributed by atoms with Crippen molar-refractivity contribution >= 4 is 22.9 Å². The van der Waals surface area contributed by atoms with Crippen molar-refractivity contribution in [3.05, 3.63) is 61.3 Å². The molecule has 0 aliphatic carbocycles. The van der Waals surface area contributed by atoms with Crippen LogP contribution in [0.3, 0.4) is 0 Å². The smallest absolute Gasteiger partial charge is 0.283 e. The molecule has 0 unspecified atom stereocenters. The molecule has 0 spiro atoms. The third-order valence-electron chi connectivity index (χ3n) is 3.34. The lowest BCUT2D eigenvalue weighted by Crippen LogP contribution is -2.21. The minimum atomic E-state index is -0.471. The summed E-state index contributed by atoms with van der Waals surface area (Å²) in [5, 5.41) is 13.6. The molecule has 1 aromatic carbocycles. The number of aryl methyl sites for hydroxylation is 1. The SMILES string of the molecule is Cc1sc(C(=O)NCc2cccc(COC(C)C)c2)cc1[N+](=O)[O-]. The second kappa shape index (κ2) is 8.03. The Labute approximate surface area is 144 Å². The molecular weight excluding hydrogens is 328 g/mol. The molecule has 0 atom stereocenters. The summed E-state index contributed by atoms with van der Waals surface area (Å²) in [5.74, 6) is -0.306. The summed E-state index contributed by atoms with van der Waals surface area (Å²) in [4.78, 5) is 23.4. The largest absolute Gasteiger partial charge is 0.374 e. The van der Waals surface area contributed by atoms with E-state index < -0.39 is 4.92 Å². The highest BCUT2D eigenvalue weighted by atomic mass is 32.1. The topological polar surface area (TPSA) is 81.5 Å². The zero-order chi connectivity index (χ0) is 17.7. The van der Waals surface area contributed by atoms with E-state index in [1.807, 2.05) is 38.1 Å². The molecule has 7 heteroatoms. The normalized spacial score (nSPS) is 10.8. The van der Waals surface area contributed by atoms with E-state index in [9.17, 15) is 14.9 Å². The monoisotopic (exact) mass is 348 g/mol. The number of hydrogen-bond donors (Lipinski definition) is 1. The highest BCUT2D eigenvalue weighted by Gasteiger charge is 2.19. The van der Waals surface area contributed by atoms with Crippen LogP contribution in [0.4, 0.5) is 5.69 Å². The number of nitro groups is 1. The number of thiophene rings is 1. The van der Waals surface area contributed by atoms with Crippen molar-refractivity contribution in [3.8, 4) is 0 Å². The van der Waals surface area contributed by atoms with E-state index in [2.05, 4.69) is 5.32 Å². The van der Waals surface area contributed by atoms with Gasteiger partial charge in [0, 0.05) is 12.6 Å². The van der Waals surface area contributed by atoms with Crippen molar-refractivity contribution in [2.24, 2.45) is 0 Å². The van der Waals surface area contributed by atoms with Gasteiger partial charge < -0.3 is 10.1 Å². The van der Waals surface area contributed by atoms with Crippen LogP contribution in [0, 0.1) is 17.0 Å². The number of nitrogens with one attached hydrogen (secondary N) is 1. The van der Waals surface area contributed by atoms with Crippen LogP contribution in [0.1, 0.15) is 39.5 Å². The second-order valence-electron chi connectivity index (χ2n) is 5.67. The maximum absolute atomic E-state index is 12.2. The fourth-order valence-electron chi connectivity index (χ4n) is 2.13. The summed E-state index contributed by atoms with van der Waals surface area (Å²) in [7, 11) is 0. The Morgan fingerprint density at radius 3 is 2.67 bits per heavy atom. The average molecular weight is 348 g/mol. The molecule has 0 radical (unpaired) electrons. The van der Waals surface area contributed by atoms with E-state index in [1.165, 1.54) is 6.07 Å². The van der Waals surface area contributed by atoms with E-state index in [0.717, 1.165) is 22.5 Å². The molecule has 6 nitrogen and oxygen atoms in total. The molecule has 0 saturated carbocycles. The van der Waals surface area contributed by atoms with Crippen LogP contribution in [-0.2, 0) is 17.9 Å². The third-order valence-corrected chi connectivity index (χ3v) is 4.38. The van der Waals surface area contributed by atoms with Gasteiger partial charge in [0.1, 0.15) is 0 Å². The minimum absolute atomic E-state index is 0.0158. The van der Waals surface area contributed by atoms with E-state index in [-0.39, 0.29) is 17.7 Å². The molecule has 1 N–H and O–H groups in total. The van der Waals surface area contributed by atoms with Crippen molar-refractivity contribution in [1.82, 2.24) is 5.32 Å². The van der Waals surface area contributed by atoms with Gasteiger partial charge in [-0.15, -0.1) is 11.3 Å². The fraction of sp³-hybridized carbons (Fsp3) is 0.353. The number of hydrogen-bond acceptors (Lipinski definition) is 5. The quantitative estimate of drug-likeness (QED) is 0.609. The summed E-state index contributed by atoms with van der Waals surface area (Å²) in [5.41, 5.74) is 1.98. The van der Waals surface area contributed by atoms with Gasteiger partial charge in [0.25, 0.3) is 11.6 Å². The maximum Gasteiger partial charge on any atom is 0.283 e. The number of amides is 1. The number of carbonyl (C=O) groups is 1. The molecular formula is C17H20N2O4S. The summed E-state index contributed by atoms with van der Waals surface area (Å²) in [6.07, 6.45) is 0.159. The van der Waals surface area contributed by atoms with Gasteiger partial charge in [-0.1, -0.05) is 24.3 Å². The zero-order valence-electron chi connectivity index (χ0n) is 13.9. The number of rotatable bonds is 7.